The van der Waals surface area contributed by atoms with Crippen molar-refractivity contribution in [1.82, 2.24) is 0 Å². The van der Waals surface area contributed by atoms with E-state index in [1.54, 1.807) is 19.1 Å². The first kappa shape index (κ1) is 14.4. The molecule has 2 aromatic carbocycles. The minimum Gasteiger partial charge on any atom is -0.389 e. The van der Waals surface area contributed by atoms with Crippen molar-refractivity contribution < 1.29 is 9.50 Å². The first-order valence-corrected chi connectivity index (χ1v) is 7.27. The molecule has 4 heteroatoms. The fourth-order valence-electron chi connectivity index (χ4n) is 1.66. The van der Waals surface area contributed by atoms with Crippen LogP contribution in [0.3, 0.4) is 0 Å². The molecular weight excluding hydrogens is 283 g/mol. The van der Waals surface area contributed by atoms with Gasteiger partial charge in [-0.1, -0.05) is 23.7 Å². The monoisotopic (exact) mass is 296 g/mol. The van der Waals surface area contributed by atoms with E-state index in [0.29, 0.717) is 16.3 Å². The van der Waals surface area contributed by atoms with Gasteiger partial charge in [0.05, 0.1) is 6.10 Å². The molecule has 0 amide bonds. The largest absolute Gasteiger partial charge is 0.389 e. The molecule has 2 aromatic rings. The molecule has 1 nitrogen and oxygen atoms in total. The zero-order valence-electron chi connectivity index (χ0n) is 10.4. The van der Waals surface area contributed by atoms with Crippen LogP contribution in [-0.4, -0.2) is 5.11 Å². The average molecular weight is 297 g/mol. The minimum atomic E-state index is -0.468. The molecule has 0 bridgehead atoms. The molecular formula is C15H14ClFOS. The molecule has 0 fully saturated rings. The van der Waals surface area contributed by atoms with Gasteiger partial charge in [-0.3, -0.25) is 0 Å². The van der Waals surface area contributed by atoms with E-state index in [-0.39, 0.29) is 5.82 Å². The highest BCUT2D eigenvalue weighted by molar-refractivity contribution is 7.98. The maximum Gasteiger partial charge on any atom is 0.127 e. The number of aliphatic hydroxyl groups is 1. The first-order chi connectivity index (χ1) is 9.06. The van der Waals surface area contributed by atoms with E-state index in [1.807, 2.05) is 24.3 Å². The topological polar surface area (TPSA) is 20.2 Å². The van der Waals surface area contributed by atoms with E-state index in [1.165, 1.54) is 17.8 Å². The van der Waals surface area contributed by atoms with Crippen LogP contribution in [0.5, 0.6) is 0 Å². The zero-order chi connectivity index (χ0) is 13.8. The molecule has 0 heterocycles. The van der Waals surface area contributed by atoms with Crippen molar-refractivity contribution in [2.75, 3.05) is 0 Å². The molecule has 0 spiro atoms. The number of hydrogen-bond acceptors (Lipinski definition) is 2. The van der Waals surface area contributed by atoms with Gasteiger partial charge < -0.3 is 5.11 Å². The summed E-state index contributed by atoms with van der Waals surface area (Å²) in [5.74, 6) is 0.290. The lowest BCUT2D eigenvalue weighted by Gasteiger charge is -2.07. The van der Waals surface area contributed by atoms with E-state index in [2.05, 4.69) is 0 Å². The van der Waals surface area contributed by atoms with Crippen molar-refractivity contribution >= 4 is 23.4 Å². The van der Waals surface area contributed by atoms with E-state index < -0.39 is 6.10 Å². The number of rotatable bonds is 4. The summed E-state index contributed by atoms with van der Waals surface area (Å²) < 4.78 is 13.5. The molecule has 1 N–H and O–H groups in total. The van der Waals surface area contributed by atoms with Gasteiger partial charge in [-0.05, 0) is 48.4 Å². The standard InChI is InChI=1S/C15H14ClFOS/c1-10(18)11-2-5-14(6-3-11)19-9-12-8-13(16)4-7-15(12)17/h2-8,10,18H,9H2,1H3. The molecule has 0 saturated heterocycles. The van der Waals surface area contributed by atoms with Crippen LogP contribution in [0, 0.1) is 5.82 Å². The Bertz CT molecular complexity index is 555. The smallest absolute Gasteiger partial charge is 0.127 e. The molecule has 0 aliphatic heterocycles. The second-order valence-corrected chi connectivity index (χ2v) is 5.75. The molecule has 0 aliphatic rings. The number of halogens is 2. The average Bonchev–Trinajstić information content (AvgIpc) is 2.40. The minimum absolute atomic E-state index is 0.238. The van der Waals surface area contributed by atoms with Crippen molar-refractivity contribution in [3.8, 4) is 0 Å². The Morgan fingerprint density at radius 1 is 1.21 bits per heavy atom. The third-order valence-electron chi connectivity index (χ3n) is 2.76. The molecule has 2 rings (SSSR count). The predicted octanol–water partition coefficient (Wildman–Crippen LogP) is 4.82. The Morgan fingerprint density at radius 2 is 1.89 bits per heavy atom. The van der Waals surface area contributed by atoms with E-state index in [4.69, 9.17) is 11.6 Å². The van der Waals surface area contributed by atoms with E-state index in [9.17, 15) is 9.50 Å². The summed E-state index contributed by atoms with van der Waals surface area (Å²) >= 11 is 7.39. The van der Waals surface area contributed by atoms with Gasteiger partial charge in [0.2, 0.25) is 0 Å². The van der Waals surface area contributed by atoms with Gasteiger partial charge in [0.25, 0.3) is 0 Å². The summed E-state index contributed by atoms with van der Waals surface area (Å²) in [5, 5.41) is 9.96. The maximum atomic E-state index is 13.5. The fraction of sp³-hybridized carbons (Fsp3) is 0.200. The van der Waals surface area contributed by atoms with Crippen LogP contribution in [0.15, 0.2) is 47.4 Å². The molecule has 0 aromatic heterocycles. The van der Waals surface area contributed by atoms with Crippen LogP contribution in [0.4, 0.5) is 4.39 Å². The maximum absolute atomic E-state index is 13.5. The second kappa shape index (κ2) is 6.42. The molecule has 0 radical (unpaired) electrons. The summed E-state index contributed by atoms with van der Waals surface area (Å²) in [7, 11) is 0. The Morgan fingerprint density at radius 3 is 2.53 bits per heavy atom. The first-order valence-electron chi connectivity index (χ1n) is 5.91. The third kappa shape index (κ3) is 3.96. The van der Waals surface area contributed by atoms with Gasteiger partial charge in [-0.25, -0.2) is 4.39 Å². The van der Waals surface area contributed by atoms with Gasteiger partial charge in [-0.15, -0.1) is 11.8 Å². The zero-order valence-corrected chi connectivity index (χ0v) is 12.0. The van der Waals surface area contributed by atoms with Crippen molar-refractivity contribution in [2.45, 2.75) is 23.7 Å². The van der Waals surface area contributed by atoms with Crippen LogP contribution in [-0.2, 0) is 5.75 Å². The quantitative estimate of drug-likeness (QED) is 0.816. The van der Waals surface area contributed by atoms with Crippen molar-refractivity contribution in [3.05, 3.63) is 64.4 Å². The van der Waals surface area contributed by atoms with Crippen LogP contribution < -0.4 is 0 Å². The third-order valence-corrected chi connectivity index (χ3v) is 4.06. The summed E-state index contributed by atoms with van der Waals surface area (Å²) in [5.41, 5.74) is 1.47. The van der Waals surface area contributed by atoms with Crippen LogP contribution in [0.25, 0.3) is 0 Å². The fourth-order valence-corrected chi connectivity index (χ4v) is 2.72. The van der Waals surface area contributed by atoms with Gasteiger partial charge in [0, 0.05) is 15.7 Å². The molecule has 1 atom stereocenters. The highest BCUT2D eigenvalue weighted by Gasteiger charge is 2.05. The second-order valence-electron chi connectivity index (χ2n) is 4.27. The van der Waals surface area contributed by atoms with E-state index >= 15 is 0 Å². The summed E-state index contributed by atoms with van der Waals surface area (Å²) in [6.07, 6.45) is -0.468. The molecule has 0 aliphatic carbocycles. The number of benzene rings is 2. The van der Waals surface area contributed by atoms with Crippen LogP contribution in [0.1, 0.15) is 24.2 Å². The summed E-state index contributed by atoms with van der Waals surface area (Å²) in [4.78, 5) is 1.03. The Balaban J connectivity index is 2.04. The predicted molar refractivity (Wildman–Crippen MR) is 78.0 cm³/mol. The Labute approximate surface area is 121 Å². The highest BCUT2D eigenvalue weighted by atomic mass is 35.5. The lowest BCUT2D eigenvalue weighted by molar-refractivity contribution is 0.199. The van der Waals surface area contributed by atoms with Crippen LogP contribution in [0.2, 0.25) is 5.02 Å². The Hall–Kier alpha value is -1.03. The van der Waals surface area contributed by atoms with Gasteiger partial charge >= 0.3 is 0 Å². The molecule has 19 heavy (non-hydrogen) atoms. The number of hydrogen-bond donors (Lipinski definition) is 1. The van der Waals surface area contributed by atoms with Gasteiger partial charge in [0.15, 0.2) is 0 Å². The van der Waals surface area contributed by atoms with Crippen molar-refractivity contribution in [3.63, 3.8) is 0 Å². The molecule has 1 unspecified atom stereocenters. The van der Waals surface area contributed by atoms with E-state index in [0.717, 1.165) is 10.5 Å². The molecule has 0 saturated carbocycles. The number of thioether (sulfide) groups is 1. The Kier molecular flexibility index (Phi) is 4.86. The SMILES string of the molecule is CC(O)c1ccc(SCc2cc(Cl)ccc2F)cc1. The van der Waals surface area contributed by atoms with Gasteiger partial charge in [-0.2, -0.15) is 0 Å². The highest BCUT2D eigenvalue weighted by Crippen LogP contribution is 2.26. The van der Waals surface area contributed by atoms with Gasteiger partial charge in [0.1, 0.15) is 5.82 Å². The lowest BCUT2D eigenvalue weighted by atomic mass is 10.1. The summed E-state index contributed by atoms with van der Waals surface area (Å²) in [6.45, 7) is 1.73. The van der Waals surface area contributed by atoms with Crippen LogP contribution >= 0.6 is 23.4 Å². The number of aliphatic hydroxyl groups excluding tert-OH is 1. The van der Waals surface area contributed by atoms with Crippen molar-refractivity contribution in [2.24, 2.45) is 0 Å². The van der Waals surface area contributed by atoms with Crippen molar-refractivity contribution in [1.29, 1.82) is 0 Å². The normalized spacial score (nSPS) is 12.4. The molecule has 100 valence electrons. The lowest BCUT2D eigenvalue weighted by Crippen LogP contribution is -1.90. The summed E-state index contributed by atoms with van der Waals surface area (Å²) in [6, 6.07) is 12.2.